The Bertz CT molecular complexity index is 504. The Morgan fingerprint density at radius 1 is 1.33 bits per heavy atom. The van der Waals surface area contributed by atoms with Gasteiger partial charge in [-0.3, -0.25) is 9.59 Å². The number of ketones is 1. The van der Waals surface area contributed by atoms with E-state index in [1.807, 2.05) is 0 Å². The highest BCUT2D eigenvalue weighted by Gasteiger charge is 2.29. The van der Waals surface area contributed by atoms with Crippen LogP contribution in [0.25, 0.3) is 5.53 Å². The highest BCUT2D eigenvalue weighted by atomic mass is 19.4. The van der Waals surface area contributed by atoms with Crippen molar-refractivity contribution in [1.82, 2.24) is 5.32 Å². The predicted octanol–water partition coefficient (Wildman–Crippen LogP) is 0.652. The second kappa shape index (κ2) is 10.5. The third kappa shape index (κ3) is 9.70. The molecule has 136 valence electrons. The highest BCUT2D eigenvalue weighted by Crippen LogP contribution is 2.19. The summed E-state index contributed by atoms with van der Waals surface area (Å²) >= 11 is 0. The number of alkyl halides is 3. The smallest absolute Gasteiger partial charge is 0.392 e. The second-order valence-corrected chi connectivity index (χ2v) is 4.72. The Hall–Kier alpha value is -2.26. The molecule has 0 aliphatic carbocycles. The van der Waals surface area contributed by atoms with Crippen LogP contribution in [-0.2, 0) is 23.9 Å². The van der Waals surface area contributed by atoms with Crippen molar-refractivity contribution in [2.75, 3.05) is 13.7 Å². The van der Waals surface area contributed by atoms with Crippen molar-refractivity contribution in [3.05, 3.63) is 5.53 Å². The zero-order valence-electron chi connectivity index (χ0n) is 13.1. The van der Waals surface area contributed by atoms with Crippen molar-refractivity contribution in [1.29, 1.82) is 0 Å². The Morgan fingerprint density at radius 3 is 2.46 bits per heavy atom. The van der Waals surface area contributed by atoms with Crippen molar-refractivity contribution in [2.45, 2.75) is 44.5 Å². The molecule has 8 nitrogen and oxygen atoms in total. The molecule has 11 heteroatoms. The van der Waals surface area contributed by atoms with Gasteiger partial charge in [-0.1, -0.05) is 0 Å². The summed E-state index contributed by atoms with van der Waals surface area (Å²) < 4.78 is 45.4. The molecule has 2 atom stereocenters. The molecule has 0 saturated heterocycles. The lowest BCUT2D eigenvalue weighted by atomic mass is 10.1. The molecule has 1 amide bonds. The van der Waals surface area contributed by atoms with Crippen LogP contribution in [0.1, 0.15) is 26.2 Å². The highest BCUT2D eigenvalue weighted by molar-refractivity contribution is 6.25. The fourth-order valence-electron chi connectivity index (χ4n) is 1.43. The fraction of sp³-hybridized carbons (Fsp3) is 0.692. The molecule has 0 aliphatic rings. The van der Waals surface area contributed by atoms with Gasteiger partial charge < -0.3 is 20.3 Å². The lowest BCUT2D eigenvalue weighted by Crippen LogP contribution is -2.46. The van der Waals surface area contributed by atoms with Crippen LogP contribution in [0.4, 0.5) is 13.2 Å². The predicted molar refractivity (Wildman–Crippen MR) is 74.0 cm³/mol. The van der Waals surface area contributed by atoms with Crippen LogP contribution in [0.15, 0.2) is 0 Å². The number of carbonyl (C=O) groups is 3. The number of esters is 1. The number of nitrogens with one attached hydrogen (secondary N) is 1. The van der Waals surface area contributed by atoms with Crippen LogP contribution in [0.3, 0.4) is 0 Å². The van der Waals surface area contributed by atoms with Gasteiger partial charge in [-0.15, -0.1) is 0 Å². The second-order valence-electron chi connectivity index (χ2n) is 4.72. The van der Waals surface area contributed by atoms with Gasteiger partial charge in [-0.05, 0) is 13.3 Å². The van der Waals surface area contributed by atoms with Gasteiger partial charge in [0.15, 0.2) is 0 Å². The number of Topliss-reactive ketones (excluding diaryl/α,β-unsaturated/α-hetero) is 1. The first-order chi connectivity index (χ1) is 11.1. The molecule has 0 spiro atoms. The van der Waals surface area contributed by atoms with Crippen LogP contribution in [-0.4, -0.2) is 60.7 Å². The number of amides is 1. The zero-order chi connectivity index (χ0) is 18.8. The Morgan fingerprint density at radius 2 is 1.96 bits per heavy atom. The molecule has 0 aromatic carbocycles. The molecular weight excluding hydrogens is 335 g/mol. The largest absolute Gasteiger partial charge is 0.464 e. The maximum atomic E-state index is 12.0. The Labute approximate surface area is 135 Å². The van der Waals surface area contributed by atoms with Crippen molar-refractivity contribution in [3.8, 4) is 0 Å². The number of hydrogen-bond acceptors (Lipinski definition) is 5. The SMILES string of the molecule is CO[C@H](C)C(=O)N[C@@H](CCC(=O)C=[N+]=[N-])C(=O)OCCC(F)(F)F. The van der Waals surface area contributed by atoms with Gasteiger partial charge in [-0.25, -0.2) is 4.79 Å². The molecule has 0 fully saturated rings. The summed E-state index contributed by atoms with van der Waals surface area (Å²) in [5.41, 5.74) is 8.22. The van der Waals surface area contributed by atoms with Gasteiger partial charge in [0.2, 0.25) is 11.7 Å². The maximum Gasteiger partial charge on any atom is 0.392 e. The summed E-state index contributed by atoms with van der Waals surface area (Å²) in [5, 5.41) is 2.23. The normalized spacial score (nSPS) is 13.4. The molecule has 0 heterocycles. The quantitative estimate of drug-likeness (QED) is 0.268. The summed E-state index contributed by atoms with van der Waals surface area (Å²) in [6.45, 7) is 0.492. The summed E-state index contributed by atoms with van der Waals surface area (Å²) in [5.74, 6) is -2.44. The first kappa shape index (κ1) is 21.7. The molecule has 0 rings (SSSR count). The third-order valence-electron chi connectivity index (χ3n) is 2.83. The maximum absolute atomic E-state index is 12.0. The standard InChI is InChI=1S/C13H18F3N3O5/c1-8(23-2)11(21)19-10(4-3-9(20)7-18-17)12(22)24-6-5-13(14,15)16/h7-8,10H,3-6H2,1-2H3,(H,19,21)/t8-,10+/m1/s1. The van der Waals surface area contributed by atoms with Gasteiger partial charge in [-0.2, -0.15) is 18.0 Å². The van der Waals surface area contributed by atoms with E-state index in [0.29, 0.717) is 6.21 Å². The van der Waals surface area contributed by atoms with Crippen molar-refractivity contribution < 1.29 is 41.8 Å². The minimum atomic E-state index is -4.49. The summed E-state index contributed by atoms with van der Waals surface area (Å²) in [6.07, 6.45) is -6.65. The van der Waals surface area contributed by atoms with Gasteiger partial charge in [0.05, 0.1) is 6.42 Å². The number of hydrogen-bond donors (Lipinski definition) is 1. The molecule has 24 heavy (non-hydrogen) atoms. The van der Waals surface area contributed by atoms with E-state index < -0.39 is 49.0 Å². The van der Waals surface area contributed by atoms with Crippen LogP contribution in [0, 0.1) is 0 Å². The molecule has 1 N–H and O–H groups in total. The first-order valence-electron chi connectivity index (χ1n) is 6.87. The molecule has 0 saturated carbocycles. The Kier molecular flexibility index (Phi) is 9.51. The molecule has 0 bridgehead atoms. The van der Waals surface area contributed by atoms with E-state index in [9.17, 15) is 27.6 Å². The molecule has 0 aromatic rings. The minimum absolute atomic E-state index is 0.238. The van der Waals surface area contributed by atoms with E-state index in [1.54, 1.807) is 0 Å². The van der Waals surface area contributed by atoms with Crippen LogP contribution in [0.5, 0.6) is 0 Å². The van der Waals surface area contributed by atoms with Gasteiger partial charge >= 0.3 is 18.4 Å². The van der Waals surface area contributed by atoms with E-state index >= 15 is 0 Å². The van der Waals surface area contributed by atoms with Crippen LogP contribution >= 0.6 is 0 Å². The summed E-state index contributed by atoms with van der Waals surface area (Å²) in [6, 6.07) is -1.33. The van der Waals surface area contributed by atoms with Crippen molar-refractivity contribution >= 4 is 23.9 Å². The zero-order valence-corrected chi connectivity index (χ0v) is 13.1. The fourth-order valence-corrected chi connectivity index (χ4v) is 1.43. The average Bonchev–Trinajstić information content (AvgIpc) is 2.49. The van der Waals surface area contributed by atoms with Crippen LogP contribution < -0.4 is 5.32 Å². The Balaban J connectivity index is 4.76. The number of ether oxygens (including phenoxy) is 2. The monoisotopic (exact) mass is 353 g/mol. The third-order valence-corrected chi connectivity index (χ3v) is 2.83. The molecule has 0 unspecified atom stereocenters. The molecule has 0 aliphatic heterocycles. The summed E-state index contributed by atoms with van der Waals surface area (Å²) in [4.78, 5) is 37.3. The van der Waals surface area contributed by atoms with E-state index in [2.05, 4.69) is 14.8 Å². The number of halogens is 3. The van der Waals surface area contributed by atoms with Gasteiger partial charge in [0, 0.05) is 13.5 Å². The van der Waals surface area contributed by atoms with Crippen LogP contribution in [0.2, 0.25) is 0 Å². The minimum Gasteiger partial charge on any atom is -0.464 e. The number of carbonyl (C=O) groups excluding carboxylic acids is 3. The van der Waals surface area contributed by atoms with Crippen molar-refractivity contribution in [2.24, 2.45) is 0 Å². The molecule has 0 aromatic heterocycles. The van der Waals surface area contributed by atoms with E-state index in [-0.39, 0.29) is 12.8 Å². The van der Waals surface area contributed by atoms with E-state index in [0.717, 1.165) is 0 Å². The van der Waals surface area contributed by atoms with Crippen molar-refractivity contribution in [3.63, 3.8) is 0 Å². The first-order valence-corrected chi connectivity index (χ1v) is 6.87. The topological polar surface area (TPSA) is 118 Å². The van der Waals surface area contributed by atoms with E-state index in [1.165, 1.54) is 14.0 Å². The van der Waals surface area contributed by atoms with Gasteiger partial charge in [0.25, 0.3) is 0 Å². The number of nitrogens with zero attached hydrogens (tertiary/aromatic N) is 2. The lowest BCUT2D eigenvalue weighted by molar-refractivity contribution is -0.162. The van der Waals surface area contributed by atoms with E-state index in [4.69, 9.17) is 10.3 Å². The molecular formula is C13H18F3N3O5. The van der Waals surface area contributed by atoms with Gasteiger partial charge in [0.1, 0.15) is 18.8 Å². The summed E-state index contributed by atoms with van der Waals surface area (Å²) in [7, 11) is 1.25. The average molecular weight is 353 g/mol. The molecule has 0 radical (unpaired) electrons. The number of methoxy groups -OCH3 is 1. The lowest BCUT2D eigenvalue weighted by Gasteiger charge is -2.19. The number of rotatable bonds is 10.